The van der Waals surface area contributed by atoms with E-state index in [0.29, 0.717) is 10.7 Å². The van der Waals surface area contributed by atoms with Crippen LogP contribution in [0.2, 0.25) is 0 Å². The Kier molecular flexibility index (Phi) is 3.02. The van der Waals surface area contributed by atoms with Gasteiger partial charge in [0.1, 0.15) is 0 Å². The van der Waals surface area contributed by atoms with Gasteiger partial charge < -0.3 is 0 Å². The number of ketones is 1. The minimum absolute atomic E-state index is 0.0129. The quantitative estimate of drug-likeness (QED) is 0.869. The zero-order valence-electron chi connectivity index (χ0n) is 10.4. The smallest absolute Gasteiger partial charge is 0.294 e. The molecule has 3 rings (SSSR count). The van der Waals surface area contributed by atoms with Crippen molar-refractivity contribution >= 4 is 17.5 Å². The molecule has 1 aliphatic rings. The van der Waals surface area contributed by atoms with E-state index in [2.05, 4.69) is 10.2 Å². The molecule has 0 aliphatic heterocycles. The highest BCUT2D eigenvalue weighted by molar-refractivity contribution is 7.99. The summed E-state index contributed by atoms with van der Waals surface area (Å²) in [5.74, 6) is 0.0129. The van der Waals surface area contributed by atoms with E-state index in [9.17, 15) is 9.59 Å². The number of aromatic amines is 1. The summed E-state index contributed by atoms with van der Waals surface area (Å²) in [5.41, 5.74) is 0.482. The van der Waals surface area contributed by atoms with Crippen molar-refractivity contribution in [3.05, 3.63) is 40.3 Å². The van der Waals surface area contributed by atoms with Crippen molar-refractivity contribution < 1.29 is 4.79 Å². The van der Waals surface area contributed by atoms with Gasteiger partial charge in [0.25, 0.3) is 0 Å². The number of nitrogens with one attached hydrogen (secondary N) is 1. The van der Waals surface area contributed by atoms with Crippen LogP contribution in [0.5, 0.6) is 0 Å². The Hall–Kier alpha value is -1.82. The molecule has 19 heavy (non-hydrogen) atoms. The summed E-state index contributed by atoms with van der Waals surface area (Å²) in [6, 6.07) is 7.63. The maximum Gasteiger partial charge on any atom is 0.344 e. The number of hydrogen-bond donors (Lipinski definition) is 1. The number of H-pyrrole nitrogens is 1. The van der Waals surface area contributed by atoms with Crippen LogP contribution < -0.4 is 5.69 Å². The zero-order valence-corrected chi connectivity index (χ0v) is 11.2. The largest absolute Gasteiger partial charge is 0.344 e. The molecule has 0 atom stereocenters. The lowest BCUT2D eigenvalue weighted by Crippen LogP contribution is -2.16. The van der Waals surface area contributed by atoms with Crippen molar-refractivity contribution in [2.24, 2.45) is 0 Å². The highest BCUT2D eigenvalue weighted by Gasteiger charge is 2.29. The third-order valence-corrected chi connectivity index (χ3v) is 4.10. The average molecular weight is 275 g/mol. The van der Waals surface area contributed by atoms with Gasteiger partial charge in [0, 0.05) is 16.5 Å². The van der Waals surface area contributed by atoms with Gasteiger partial charge in [0.15, 0.2) is 10.9 Å². The standard InChI is InChI=1S/C13H13N3O2S/c1-8(17)10-4-2-3-5-11(10)19-13-15-14-12(18)16(13)9-6-7-9/h2-5,9H,6-7H2,1H3,(H,14,18). The predicted octanol–water partition coefficient (Wildman–Crippen LogP) is 2.26. The van der Waals surface area contributed by atoms with Gasteiger partial charge in [-0.15, -0.1) is 5.10 Å². The van der Waals surface area contributed by atoms with E-state index < -0.39 is 0 Å². The fourth-order valence-electron chi connectivity index (χ4n) is 1.96. The first-order chi connectivity index (χ1) is 9.16. The lowest BCUT2D eigenvalue weighted by molar-refractivity contribution is 0.101. The van der Waals surface area contributed by atoms with Crippen LogP contribution in [0.25, 0.3) is 0 Å². The molecule has 0 bridgehead atoms. The molecule has 0 saturated heterocycles. The van der Waals surface area contributed by atoms with Crippen molar-refractivity contribution in [2.75, 3.05) is 0 Å². The summed E-state index contributed by atoms with van der Waals surface area (Å²) >= 11 is 1.36. The van der Waals surface area contributed by atoms with E-state index in [1.165, 1.54) is 18.7 Å². The molecule has 1 aromatic carbocycles. The second-order valence-electron chi connectivity index (χ2n) is 4.57. The third kappa shape index (κ3) is 2.35. The minimum atomic E-state index is -0.176. The molecule has 1 saturated carbocycles. The summed E-state index contributed by atoms with van der Waals surface area (Å²) < 4.78 is 1.68. The van der Waals surface area contributed by atoms with E-state index in [1.54, 1.807) is 10.6 Å². The SMILES string of the molecule is CC(=O)c1ccccc1Sc1n[nH]c(=O)n1C1CC1. The Morgan fingerprint density at radius 2 is 2.16 bits per heavy atom. The maximum absolute atomic E-state index is 11.7. The normalized spacial score (nSPS) is 14.6. The van der Waals surface area contributed by atoms with Gasteiger partial charge >= 0.3 is 5.69 Å². The maximum atomic E-state index is 11.7. The molecule has 1 aromatic heterocycles. The molecule has 1 heterocycles. The Morgan fingerprint density at radius 3 is 2.84 bits per heavy atom. The number of carbonyl (C=O) groups excluding carboxylic acids is 1. The molecular weight excluding hydrogens is 262 g/mol. The van der Waals surface area contributed by atoms with Crippen LogP contribution in [0.1, 0.15) is 36.2 Å². The second-order valence-corrected chi connectivity index (χ2v) is 5.58. The summed E-state index contributed by atoms with van der Waals surface area (Å²) in [6.45, 7) is 1.54. The number of Topliss-reactive ketones (excluding diaryl/α,β-unsaturated/α-hetero) is 1. The highest BCUT2D eigenvalue weighted by atomic mass is 32.2. The van der Waals surface area contributed by atoms with Gasteiger partial charge in [-0.25, -0.2) is 9.89 Å². The van der Waals surface area contributed by atoms with Crippen molar-refractivity contribution in [3.63, 3.8) is 0 Å². The summed E-state index contributed by atoms with van der Waals surface area (Å²) in [5, 5.41) is 7.16. The fraction of sp³-hybridized carbons (Fsp3) is 0.308. The van der Waals surface area contributed by atoms with Crippen molar-refractivity contribution in [2.45, 2.75) is 35.9 Å². The van der Waals surface area contributed by atoms with Gasteiger partial charge in [-0.05, 0) is 37.6 Å². The molecule has 1 N–H and O–H groups in total. The Morgan fingerprint density at radius 1 is 1.42 bits per heavy atom. The summed E-state index contributed by atoms with van der Waals surface area (Å²) in [6.07, 6.45) is 2.03. The summed E-state index contributed by atoms with van der Waals surface area (Å²) in [4.78, 5) is 24.1. The van der Waals surface area contributed by atoms with Crippen LogP contribution in [0.15, 0.2) is 39.1 Å². The number of rotatable bonds is 4. The van der Waals surface area contributed by atoms with Gasteiger partial charge in [0.2, 0.25) is 0 Å². The molecule has 5 nitrogen and oxygen atoms in total. The molecule has 2 aromatic rings. The lowest BCUT2D eigenvalue weighted by atomic mass is 10.1. The van der Waals surface area contributed by atoms with Crippen molar-refractivity contribution in [3.8, 4) is 0 Å². The van der Waals surface area contributed by atoms with Crippen LogP contribution in [0.4, 0.5) is 0 Å². The van der Waals surface area contributed by atoms with Crippen LogP contribution in [-0.2, 0) is 0 Å². The van der Waals surface area contributed by atoms with E-state index in [4.69, 9.17) is 0 Å². The lowest BCUT2D eigenvalue weighted by Gasteiger charge is -2.06. The van der Waals surface area contributed by atoms with Crippen LogP contribution >= 0.6 is 11.8 Å². The molecule has 0 amide bonds. The molecule has 98 valence electrons. The molecule has 1 aliphatic carbocycles. The van der Waals surface area contributed by atoms with Crippen LogP contribution in [0, 0.1) is 0 Å². The Balaban J connectivity index is 1.98. The Bertz CT molecular complexity index is 685. The van der Waals surface area contributed by atoms with Gasteiger partial charge in [0.05, 0.1) is 0 Å². The number of hydrogen-bond acceptors (Lipinski definition) is 4. The van der Waals surface area contributed by atoms with E-state index in [1.807, 2.05) is 18.2 Å². The molecule has 0 unspecified atom stereocenters. The number of nitrogens with zero attached hydrogens (tertiary/aromatic N) is 2. The molecule has 6 heteroatoms. The number of aromatic nitrogens is 3. The van der Waals surface area contributed by atoms with Crippen LogP contribution in [-0.4, -0.2) is 20.5 Å². The average Bonchev–Trinajstić information content (AvgIpc) is 3.15. The Labute approximate surface area is 114 Å². The van der Waals surface area contributed by atoms with E-state index in [0.717, 1.165) is 17.7 Å². The van der Waals surface area contributed by atoms with E-state index in [-0.39, 0.29) is 17.5 Å². The monoisotopic (exact) mass is 275 g/mol. The third-order valence-electron chi connectivity index (χ3n) is 3.05. The van der Waals surface area contributed by atoms with Crippen molar-refractivity contribution in [1.29, 1.82) is 0 Å². The summed E-state index contributed by atoms with van der Waals surface area (Å²) in [7, 11) is 0. The topological polar surface area (TPSA) is 67.8 Å². The van der Waals surface area contributed by atoms with E-state index >= 15 is 0 Å². The second kappa shape index (κ2) is 4.70. The van der Waals surface area contributed by atoms with Crippen molar-refractivity contribution in [1.82, 2.24) is 14.8 Å². The zero-order chi connectivity index (χ0) is 13.4. The van der Waals surface area contributed by atoms with Gasteiger partial charge in [-0.1, -0.05) is 18.2 Å². The number of benzene rings is 1. The van der Waals surface area contributed by atoms with Gasteiger partial charge in [-0.3, -0.25) is 9.36 Å². The molecule has 0 radical (unpaired) electrons. The fourth-order valence-corrected chi connectivity index (χ4v) is 3.05. The molecule has 0 spiro atoms. The first-order valence-corrected chi connectivity index (χ1v) is 6.93. The predicted molar refractivity (Wildman–Crippen MR) is 71.7 cm³/mol. The minimum Gasteiger partial charge on any atom is -0.294 e. The van der Waals surface area contributed by atoms with Crippen LogP contribution in [0.3, 0.4) is 0 Å². The molecular formula is C13H13N3O2S. The highest BCUT2D eigenvalue weighted by Crippen LogP contribution is 2.38. The first-order valence-electron chi connectivity index (χ1n) is 6.11. The first kappa shape index (κ1) is 12.2. The molecule has 1 fully saturated rings. The van der Waals surface area contributed by atoms with Gasteiger partial charge in [-0.2, -0.15) is 0 Å². The number of carbonyl (C=O) groups is 1.